The van der Waals surface area contributed by atoms with Gasteiger partial charge in [0.1, 0.15) is 5.75 Å². The molecule has 1 atom stereocenters. The Morgan fingerprint density at radius 3 is 2.61 bits per heavy atom. The summed E-state index contributed by atoms with van der Waals surface area (Å²) in [4.78, 5) is 0. The Kier molecular flexibility index (Phi) is 6.21. The van der Waals surface area contributed by atoms with Crippen molar-refractivity contribution in [3.05, 3.63) is 27.2 Å². The van der Waals surface area contributed by atoms with Gasteiger partial charge in [0.15, 0.2) is 0 Å². The number of aromatic hydroxyl groups is 1. The van der Waals surface area contributed by atoms with Gasteiger partial charge in [-0.2, -0.15) is 0 Å². The molecule has 1 saturated heterocycles. The molecule has 0 unspecified atom stereocenters. The average molecular weight is 357 g/mol. The Morgan fingerprint density at radius 1 is 1.39 bits per heavy atom. The number of hydrogen-bond donors (Lipinski definition) is 2. The van der Waals surface area contributed by atoms with Crippen LogP contribution in [0, 0.1) is 5.92 Å². The zero-order chi connectivity index (χ0) is 12.4. The van der Waals surface area contributed by atoms with Crippen LogP contribution in [0.15, 0.2) is 16.6 Å². The standard InChI is InChI=1S/C12H15BrClNO2.ClH/c13-8-5-9(12(16)10(14)6-8)11(15)7-1-3-17-4-2-7;/h5-7,11,16H,1-4,15H2;1H/t11-;/m1./s1. The van der Waals surface area contributed by atoms with Gasteiger partial charge in [-0.1, -0.05) is 27.5 Å². The minimum absolute atomic E-state index is 0. The maximum absolute atomic E-state index is 9.96. The van der Waals surface area contributed by atoms with E-state index in [-0.39, 0.29) is 24.2 Å². The molecule has 6 heteroatoms. The number of hydrogen-bond acceptors (Lipinski definition) is 3. The highest BCUT2D eigenvalue weighted by Crippen LogP contribution is 2.38. The van der Waals surface area contributed by atoms with Crippen molar-refractivity contribution in [2.24, 2.45) is 11.7 Å². The molecule has 3 nitrogen and oxygen atoms in total. The number of ether oxygens (including phenoxy) is 1. The van der Waals surface area contributed by atoms with Gasteiger partial charge >= 0.3 is 0 Å². The van der Waals surface area contributed by atoms with E-state index in [9.17, 15) is 5.11 Å². The van der Waals surface area contributed by atoms with Crippen molar-refractivity contribution in [1.29, 1.82) is 0 Å². The fourth-order valence-electron chi connectivity index (χ4n) is 2.17. The molecule has 0 saturated carbocycles. The lowest BCUT2D eigenvalue weighted by Gasteiger charge is -2.28. The zero-order valence-electron chi connectivity index (χ0n) is 9.73. The van der Waals surface area contributed by atoms with Crippen LogP contribution in [0.5, 0.6) is 5.75 Å². The molecule has 0 aromatic heterocycles. The third kappa shape index (κ3) is 3.52. The highest BCUT2D eigenvalue weighted by Gasteiger charge is 2.25. The fraction of sp³-hybridized carbons (Fsp3) is 0.500. The van der Waals surface area contributed by atoms with Crippen LogP contribution in [0.1, 0.15) is 24.4 Å². The minimum atomic E-state index is -0.200. The smallest absolute Gasteiger partial charge is 0.139 e. The monoisotopic (exact) mass is 355 g/mol. The van der Waals surface area contributed by atoms with Crippen molar-refractivity contribution in [2.45, 2.75) is 18.9 Å². The number of nitrogens with two attached hydrogens (primary N) is 1. The summed E-state index contributed by atoms with van der Waals surface area (Å²) in [6.07, 6.45) is 1.84. The van der Waals surface area contributed by atoms with E-state index in [4.69, 9.17) is 22.1 Å². The molecule has 0 aliphatic carbocycles. The molecule has 1 aromatic rings. The lowest BCUT2D eigenvalue weighted by atomic mass is 9.87. The maximum atomic E-state index is 9.96. The first-order chi connectivity index (χ1) is 8.09. The maximum Gasteiger partial charge on any atom is 0.139 e. The molecule has 2 rings (SSSR count). The predicted octanol–water partition coefficient (Wildman–Crippen LogP) is 3.66. The minimum Gasteiger partial charge on any atom is -0.506 e. The third-order valence-electron chi connectivity index (χ3n) is 3.19. The van der Waals surface area contributed by atoms with E-state index < -0.39 is 0 Å². The lowest BCUT2D eigenvalue weighted by molar-refractivity contribution is 0.0581. The van der Waals surface area contributed by atoms with Crippen LogP contribution < -0.4 is 5.73 Å². The van der Waals surface area contributed by atoms with E-state index in [1.165, 1.54) is 0 Å². The molecule has 0 spiro atoms. The molecule has 1 aliphatic rings. The zero-order valence-corrected chi connectivity index (χ0v) is 12.9. The Hall–Kier alpha value is -0.0000000000000000763. The third-order valence-corrected chi connectivity index (χ3v) is 3.94. The molecular weight excluding hydrogens is 341 g/mol. The fourth-order valence-corrected chi connectivity index (χ4v) is 3.00. The van der Waals surface area contributed by atoms with Crippen LogP contribution in [-0.4, -0.2) is 18.3 Å². The van der Waals surface area contributed by atoms with Crippen molar-refractivity contribution in [3.8, 4) is 5.75 Å². The summed E-state index contributed by atoms with van der Waals surface area (Å²) in [5, 5.41) is 10.3. The van der Waals surface area contributed by atoms with E-state index in [1.807, 2.05) is 6.07 Å². The van der Waals surface area contributed by atoms with Crippen molar-refractivity contribution in [1.82, 2.24) is 0 Å². The van der Waals surface area contributed by atoms with Gasteiger partial charge in [0.2, 0.25) is 0 Å². The van der Waals surface area contributed by atoms with Gasteiger partial charge in [-0.15, -0.1) is 12.4 Å². The van der Waals surface area contributed by atoms with E-state index in [0.717, 1.165) is 30.5 Å². The molecule has 1 fully saturated rings. The summed E-state index contributed by atoms with van der Waals surface area (Å²) in [5.74, 6) is 0.425. The summed E-state index contributed by atoms with van der Waals surface area (Å²) in [6, 6.07) is 3.30. The number of halogens is 3. The van der Waals surface area contributed by atoms with Gasteiger partial charge in [0.25, 0.3) is 0 Å². The van der Waals surface area contributed by atoms with Crippen molar-refractivity contribution >= 4 is 39.9 Å². The summed E-state index contributed by atoms with van der Waals surface area (Å²) in [7, 11) is 0. The summed E-state index contributed by atoms with van der Waals surface area (Å²) in [6.45, 7) is 1.47. The SMILES string of the molecule is Cl.N[C@@H](c1cc(Br)cc(Cl)c1O)C1CCOCC1. The van der Waals surface area contributed by atoms with E-state index in [1.54, 1.807) is 6.07 Å². The lowest BCUT2D eigenvalue weighted by Crippen LogP contribution is -2.27. The first-order valence-electron chi connectivity index (χ1n) is 5.61. The van der Waals surface area contributed by atoms with Gasteiger partial charge < -0.3 is 15.6 Å². The quantitative estimate of drug-likeness (QED) is 0.850. The van der Waals surface area contributed by atoms with Gasteiger partial charge in [0, 0.05) is 29.3 Å². The van der Waals surface area contributed by atoms with Crippen LogP contribution in [0.2, 0.25) is 5.02 Å². The van der Waals surface area contributed by atoms with Crippen LogP contribution in [0.4, 0.5) is 0 Å². The molecule has 3 N–H and O–H groups in total. The van der Waals surface area contributed by atoms with Gasteiger partial charge in [0.05, 0.1) is 5.02 Å². The highest BCUT2D eigenvalue weighted by atomic mass is 79.9. The number of phenols is 1. The number of rotatable bonds is 2. The number of benzene rings is 1. The second-order valence-corrected chi connectivity index (χ2v) is 5.62. The van der Waals surface area contributed by atoms with Crippen LogP contribution in [0.25, 0.3) is 0 Å². The number of phenolic OH excluding ortho intramolecular Hbond substituents is 1. The molecule has 0 radical (unpaired) electrons. The first-order valence-corrected chi connectivity index (χ1v) is 6.78. The van der Waals surface area contributed by atoms with Crippen molar-refractivity contribution < 1.29 is 9.84 Å². The molecule has 18 heavy (non-hydrogen) atoms. The largest absolute Gasteiger partial charge is 0.506 e. The second-order valence-electron chi connectivity index (χ2n) is 4.30. The topological polar surface area (TPSA) is 55.5 Å². The Bertz CT molecular complexity index is 411. The second kappa shape index (κ2) is 6.96. The molecule has 1 aromatic carbocycles. The molecule has 1 aliphatic heterocycles. The van der Waals surface area contributed by atoms with E-state index in [0.29, 0.717) is 16.5 Å². The van der Waals surface area contributed by atoms with Gasteiger partial charge in [-0.05, 0) is 30.9 Å². The average Bonchev–Trinajstić information content (AvgIpc) is 2.34. The highest BCUT2D eigenvalue weighted by molar-refractivity contribution is 9.10. The Morgan fingerprint density at radius 2 is 2.00 bits per heavy atom. The summed E-state index contributed by atoms with van der Waals surface area (Å²) < 4.78 is 6.14. The molecule has 0 bridgehead atoms. The Balaban J connectivity index is 0.00000162. The van der Waals surface area contributed by atoms with Crippen LogP contribution in [-0.2, 0) is 4.74 Å². The molecule has 1 heterocycles. The van der Waals surface area contributed by atoms with Crippen molar-refractivity contribution in [3.63, 3.8) is 0 Å². The molecule has 0 amide bonds. The summed E-state index contributed by atoms with van der Waals surface area (Å²) >= 11 is 9.31. The molecule has 102 valence electrons. The molecular formula is C12H16BrCl2NO2. The normalized spacial score (nSPS) is 18.2. The van der Waals surface area contributed by atoms with Crippen molar-refractivity contribution in [2.75, 3.05) is 13.2 Å². The van der Waals surface area contributed by atoms with Gasteiger partial charge in [-0.25, -0.2) is 0 Å². The predicted molar refractivity (Wildman–Crippen MR) is 78.5 cm³/mol. The Labute approximate surface area is 126 Å². The van der Waals surface area contributed by atoms with E-state index >= 15 is 0 Å². The van der Waals surface area contributed by atoms with Crippen LogP contribution >= 0.6 is 39.9 Å². The first kappa shape index (κ1) is 16.1. The van der Waals surface area contributed by atoms with Crippen LogP contribution in [0.3, 0.4) is 0 Å². The summed E-state index contributed by atoms with van der Waals surface area (Å²) in [5.41, 5.74) is 6.92. The van der Waals surface area contributed by atoms with E-state index in [2.05, 4.69) is 15.9 Å². The van der Waals surface area contributed by atoms with Gasteiger partial charge in [-0.3, -0.25) is 0 Å².